The van der Waals surface area contributed by atoms with Gasteiger partial charge in [0, 0.05) is 18.4 Å². The maximum absolute atomic E-state index is 12.4. The van der Waals surface area contributed by atoms with Gasteiger partial charge in [0.2, 0.25) is 0 Å². The molecule has 0 radical (unpaired) electrons. The lowest BCUT2D eigenvalue weighted by Gasteiger charge is -2.08. The third-order valence-corrected chi connectivity index (χ3v) is 3.70. The zero-order valence-electron chi connectivity index (χ0n) is 10.7. The Labute approximate surface area is 123 Å². The van der Waals surface area contributed by atoms with Crippen LogP contribution < -0.4 is 0 Å². The zero-order chi connectivity index (χ0) is 15.2. The van der Waals surface area contributed by atoms with Crippen molar-refractivity contribution in [2.75, 3.05) is 12.4 Å². The van der Waals surface area contributed by atoms with Crippen LogP contribution in [0.1, 0.15) is 25.3 Å². The Bertz CT molecular complexity index is 469. The Hall–Kier alpha value is -0.950. The summed E-state index contributed by atoms with van der Waals surface area (Å²) in [6, 6.07) is 0.849. The van der Waals surface area contributed by atoms with Crippen molar-refractivity contribution in [1.29, 1.82) is 0 Å². The number of carbonyl (C=O) groups excluding carboxylic acids is 1. The highest BCUT2D eigenvalue weighted by molar-refractivity contribution is 7.99. The van der Waals surface area contributed by atoms with Crippen LogP contribution in [-0.4, -0.2) is 23.3 Å². The second-order valence-corrected chi connectivity index (χ2v) is 5.26. The lowest BCUT2D eigenvalue weighted by Crippen LogP contribution is -2.06. The molecule has 20 heavy (non-hydrogen) atoms. The van der Waals surface area contributed by atoms with Gasteiger partial charge in [-0.3, -0.25) is 4.79 Å². The Balaban J connectivity index is 2.47. The summed E-state index contributed by atoms with van der Waals surface area (Å²) in [5.74, 6) is 0.233. The van der Waals surface area contributed by atoms with E-state index in [-0.39, 0.29) is 17.4 Å². The highest BCUT2D eigenvalue weighted by Crippen LogP contribution is 2.33. The number of ether oxygens (including phenoxy) is 1. The van der Waals surface area contributed by atoms with E-state index in [0.717, 1.165) is 12.3 Å². The van der Waals surface area contributed by atoms with E-state index in [4.69, 9.17) is 16.3 Å². The topological polar surface area (TPSA) is 39.2 Å². The molecule has 0 amide bonds. The standard InChI is InChI=1S/C12H13ClF3NO2S/c1-2-19-10(18)4-3-5-20-11-9(13)6-8(7-17-11)12(14,15)16/h6-7H,2-5H2,1H3. The quantitative estimate of drug-likeness (QED) is 0.446. The monoisotopic (exact) mass is 327 g/mol. The molecule has 0 aliphatic heterocycles. The number of alkyl halides is 3. The molecule has 0 spiro atoms. The molecule has 0 aliphatic carbocycles. The van der Waals surface area contributed by atoms with Crippen molar-refractivity contribution in [1.82, 2.24) is 4.98 Å². The fraction of sp³-hybridized carbons (Fsp3) is 0.500. The SMILES string of the molecule is CCOC(=O)CCCSc1ncc(C(F)(F)F)cc1Cl. The third kappa shape index (κ3) is 5.58. The number of thioether (sulfide) groups is 1. The zero-order valence-corrected chi connectivity index (χ0v) is 12.2. The van der Waals surface area contributed by atoms with E-state index >= 15 is 0 Å². The summed E-state index contributed by atoms with van der Waals surface area (Å²) >= 11 is 6.96. The number of esters is 1. The van der Waals surface area contributed by atoms with Crippen LogP contribution in [0.5, 0.6) is 0 Å². The molecular weight excluding hydrogens is 315 g/mol. The van der Waals surface area contributed by atoms with Crippen molar-refractivity contribution in [3.05, 3.63) is 22.8 Å². The minimum Gasteiger partial charge on any atom is -0.466 e. The second-order valence-electron chi connectivity index (χ2n) is 3.77. The van der Waals surface area contributed by atoms with Gasteiger partial charge in [-0.1, -0.05) is 11.6 Å². The van der Waals surface area contributed by atoms with Crippen molar-refractivity contribution in [3.8, 4) is 0 Å². The fourth-order valence-electron chi connectivity index (χ4n) is 1.31. The van der Waals surface area contributed by atoms with Crippen molar-refractivity contribution in [2.24, 2.45) is 0 Å². The van der Waals surface area contributed by atoms with E-state index in [0.29, 0.717) is 23.8 Å². The van der Waals surface area contributed by atoms with E-state index in [1.807, 2.05) is 0 Å². The van der Waals surface area contributed by atoms with Crippen LogP contribution in [0.3, 0.4) is 0 Å². The van der Waals surface area contributed by atoms with Crippen LogP contribution in [0.15, 0.2) is 17.3 Å². The highest BCUT2D eigenvalue weighted by Gasteiger charge is 2.31. The van der Waals surface area contributed by atoms with Gasteiger partial charge >= 0.3 is 12.1 Å². The molecule has 0 aromatic carbocycles. The molecule has 0 atom stereocenters. The third-order valence-electron chi connectivity index (χ3n) is 2.20. The molecule has 1 rings (SSSR count). The maximum Gasteiger partial charge on any atom is 0.417 e. The van der Waals surface area contributed by atoms with Crippen molar-refractivity contribution >= 4 is 29.3 Å². The first-order chi connectivity index (χ1) is 9.34. The molecule has 3 nitrogen and oxygen atoms in total. The lowest BCUT2D eigenvalue weighted by molar-refractivity contribution is -0.143. The number of rotatable bonds is 6. The van der Waals surface area contributed by atoms with E-state index in [2.05, 4.69) is 4.98 Å². The van der Waals surface area contributed by atoms with Gasteiger partial charge in [0.25, 0.3) is 0 Å². The summed E-state index contributed by atoms with van der Waals surface area (Å²) in [5.41, 5.74) is -0.877. The summed E-state index contributed by atoms with van der Waals surface area (Å²) in [6.07, 6.45) is -2.90. The summed E-state index contributed by atoms with van der Waals surface area (Å²) in [7, 11) is 0. The number of hydrogen-bond donors (Lipinski definition) is 0. The van der Waals surface area contributed by atoms with Gasteiger partial charge in [0.15, 0.2) is 0 Å². The average molecular weight is 328 g/mol. The molecular formula is C12H13ClF3NO2S. The van der Waals surface area contributed by atoms with Crippen molar-refractivity contribution in [2.45, 2.75) is 31.0 Å². The van der Waals surface area contributed by atoms with Crippen LogP contribution in [-0.2, 0) is 15.7 Å². The number of pyridine rings is 1. The maximum atomic E-state index is 12.4. The molecule has 1 aromatic heterocycles. The van der Waals surface area contributed by atoms with E-state index in [9.17, 15) is 18.0 Å². The predicted octanol–water partition coefficient (Wildman–Crippen LogP) is 4.19. The van der Waals surface area contributed by atoms with Crippen LogP contribution in [0, 0.1) is 0 Å². The van der Waals surface area contributed by atoms with Crippen LogP contribution in [0.4, 0.5) is 13.2 Å². The normalized spacial score (nSPS) is 11.4. The molecule has 0 fully saturated rings. The van der Waals surface area contributed by atoms with Crippen LogP contribution >= 0.6 is 23.4 Å². The van der Waals surface area contributed by atoms with Crippen molar-refractivity contribution < 1.29 is 22.7 Å². The minimum absolute atomic E-state index is 0.0408. The first-order valence-electron chi connectivity index (χ1n) is 5.85. The first kappa shape index (κ1) is 17.1. The number of aromatic nitrogens is 1. The van der Waals surface area contributed by atoms with Gasteiger partial charge < -0.3 is 4.74 Å². The van der Waals surface area contributed by atoms with Gasteiger partial charge in [-0.2, -0.15) is 13.2 Å². The molecule has 1 aromatic rings. The van der Waals surface area contributed by atoms with Gasteiger partial charge in [0.05, 0.1) is 17.2 Å². The van der Waals surface area contributed by atoms with Gasteiger partial charge in [-0.05, 0) is 19.4 Å². The average Bonchev–Trinajstić information content (AvgIpc) is 2.35. The van der Waals surface area contributed by atoms with Gasteiger partial charge in [-0.25, -0.2) is 4.98 Å². The largest absolute Gasteiger partial charge is 0.466 e. The summed E-state index contributed by atoms with van der Waals surface area (Å²) in [4.78, 5) is 14.8. The van der Waals surface area contributed by atoms with Crippen molar-refractivity contribution in [3.63, 3.8) is 0 Å². The number of hydrogen-bond acceptors (Lipinski definition) is 4. The summed E-state index contributed by atoms with van der Waals surface area (Å²) in [6.45, 7) is 2.05. The Morgan fingerprint density at radius 2 is 2.20 bits per heavy atom. The second kappa shape index (κ2) is 7.73. The molecule has 8 heteroatoms. The lowest BCUT2D eigenvalue weighted by atomic mass is 10.3. The molecule has 0 saturated carbocycles. The Morgan fingerprint density at radius 3 is 2.75 bits per heavy atom. The van der Waals surface area contributed by atoms with E-state index in [1.165, 1.54) is 11.8 Å². The van der Waals surface area contributed by atoms with Gasteiger partial charge in [-0.15, -0.1) is 11.8 Å². The van der Waals surface area contributed by atoms with Crippen LogP contribution in [0.25, 0.3) is 0 Å². The number of halogens is 4. The smallest absolute Gasteiger partial charge is 0.417 e. The molecule has 0 bridgehead atoms. The van der Waals surface area contributed by atoms with Gasteiger partial charge in [0.1, 0.15) is 5.03 Å². The minimum atomic E-state index is -4.45. The Morgan fingerprint density at radius 1 is 1.50 bits per heavy atom. The van der Waals surface area contributed by atoms with E-state index in [1.54, 1.807) is 6.92 Å². The Kier molecular flexibility index (Phi) is 6.61. The summed E-state index contributed by atoms with van der Waals surface area (Å²) < 4.78 is 42.0. The molecule has 112 valence electrons. The number of carbonyl (C=O) groups is 1. The molecule has 0 N–H and O–H groups in total. The molecule has 1 heterocycles. The predicted molar refractivity (Wildman–Crippen MR) is 70.8 cm³/mol. The number of nitrogens with zero attached hydrogens (tertiary/aromatic N) is 1. The highest BCUT2D eigenvalue weighted by atomic mass is 35.5. The van der Waals surface area contributed by atoms with E-state index < -0.39 is 11.7 Å². The first-order valence-corrected chi connectivity index (χ1v) is 7.22. The molecule has 0 aliphatic rings. The molecule has 0 unspecified atom stereocenters. The molecule has 0 saturated heterocycles. The van der Waals surface area contributed by atoms with Crippen LogP contribution in [0.2, 0.25) is 5.02 Å². The summed E-state index contributed by atoms with van der Waals surface area (Å²) in [5, 5.41) is 0.282. The fourth-order valence-corrected chi connectivity index (χ4v) is 2.44.